The van der Waals surface area contributed by atoms with Gasteiger partial charge < -0.3 is 4.74 Å². The van der Waals surface area contributed by atoms with Crippen molar-refractivity contribution in [2.75, 3.05) is 0 Å². The molecule has 0 N–H and O–H groups in total. The van der Waals surface area contributed by atoms with Crippen LogP contribution in [0.2, 0.25) is 5.02 Å². The Morgan fingerprint density at radius 1 is 1.09 bits per heavy atom. The first kappa shape index (κ1) is 14.5. The zero-order chi connectivity index (χ0) is 15.5. The van der Waals surface area contributed by atoms with Crippen molar-refractivity contribution in [2.24, 2.45) is 0 Å². The molecule has 5 nitrogen and oxygen atoms in total. The summed E-state index contributed by atoms with van der Waals surface area (Å²) in [6.07, 6.45) is 5.08. The van der Waals surface area contributed by atoms with Crippen molar-refractivity contribution in [3.63, 3.8) is 0 Å². The van der Waals surface area contributed by atoms with E-state index in [9.17, 15) is 0 Å². The van der Waals surface area contributed by atoms with E-state index in [2.05, 4.69) is 15.2 Å². The Hall–Kier alpha value is -2.40. The molecule has 6 heteroatoms. The standard InChI is InChI=1S/C16H15ClN4O/c1-11(2)22-15-5-4-13(17)7-14(15)12-3-6-16(18-8-12)21-9-19-20-10-21/h3-11H,1-2H3. The third-order valence-corrected chi connectivity index (χ3v) is 3.28. The van der Waals surface area contributed by atoms with E-state index < -0.39 is 0 Å². The van der Waals surface area contributed by atoms with Gasteiger partial charge in [-0.3, -0.25) is 4.57 Å². The van der Waals surface area contributed by atoms with Gasteiger partial charge in [0, 0.05) is 22.3 Å². The number of pyridine rings is 1. The Morgan fingerprint density at radius 2 is 1.86 bits per heavy atom. The molecule has 3 aromatic rings. The van der Waals surface area contributed by atoms with Crippen molar-refractivity contribution in [1.82, 2.24) is 19.7 Å². The first-order valence-electron chi connectivity index (χ1n) is 6.91. The highest BCUT2D eigenvalue weighted by Gasteiger charge is 2.10. The number of rotatable bonds is 4. The van der Waals surface area contributed by atoms with Gasteiger partial charge in [-0.25, -0.2) is 4.98 Å². The Labute approximate surface area is 133 Å². The van der Waals surface area contributed by atoms with Gasteiger partial charge in [0.1, 0.15) is 24.2 Å². The summed E-state index contributed by atoms with van der Waals surface area (Å²) >= 11 is 6.12. The highest BCUT2D eigenvalue weighted by molar-refractivity contribution is 6.31. The topological polar surface area (TPSA) is 52.8 Å². The summed E-state index contributed by atoms with van der Waals surface area (Å²) in [4.78, 5) is 4.43. The number of benzene rings is 1. The van der Waals surface area contributed by atoms with Crippen LogP contribution in [0, 0.1) is 0 Å². The van der Waals surface area contributed by atoms with Gasteiger partial charge in [0.2, 0.25) is 0 Å². The van der Waals surface area contributed by atoms with Gasteiger partial charge in [-0.2, -0.15) is 0 Å². The number of halogens is 1. The van der Waals surface area contributed by atoms with Crippen LogP contribution in [-0.2, 0) is 0 Å². The Morgan fingerprint density at radius 3 is 2.50 bits per heavy atom. The molecule has 3 rings (SSSR count). The second-order valence-corrected chi connectivity index (χ2v) is 5.52. The number of nitrogens with zero attached hydrogens (tertiary/aromatic N) is 4. The van der Waals surface area contributed by atoms with Gasteiger partial charge in [0.25, 0.3) is 0 Å². The summed E-state index contributed by atoms with van der Waals surface area (Å²) in [5.74, 6) is 1.54. The largest absolute Gasteiger partial charge is 0.490 e. The predicted octanol–water partition coefficient (Wildman–Crippen LogP) is 3.77. The molecule has 112 valence electrons. The summed E-state index contributed by atoms with van der Waals surface area (Å²) in [6, 6.07) is 9.46. The molecule has 2 aromatic heterocycles. The molecule has 0 fully saturated rings. The molecule has 0 radical (unpaired) electrons. The molecule has 0 spiro atoms. The van der Waals surface area contributed by atoms with Gasteiger partial charge in [-0.15, -0.1) is 10.2 Å². The lowest BCUT2D eigenvalue weighted by molar-refractivity contribution is 0.243. The van der Waals surface area contributed by atoms with Crippen LogP contribution in [-0.4, -0.2) is 25.9 Å². The zero-order valence-corrected chi connectivity index (χ0v) is 13.0. The number of aromatic nitrogens is 4. The normalized spacial score (nSPS) is 10.9. The van der Waals surface area contributed by atoms with Gasteiger partial charge in [0.15, 0.2) is 0 Å². The van der Waals surface area contributed by atoms with Crippen LogP contribution in [0.1, 0.15) is 13.8 Å². The highest BCUT2D eigenvalue weighted by atomic mass is 35.5. The lowest BCUT2D eigenvalue weighted by Gasteiger charge is -2.15. The van der Waals surface area contributed by atoms with Crippen molar-refractivity contribution < 1.29 is 4.74 Å². The molecule has 0 amide bonds. The maximum atomic E-state index is 6.12. The molecule has 1 aromatic carbocycles. The van der Waals surface area contributed by atoms with E-state index in [1.54, 1.807) is 23.4 Å². The van der Waals surface area contributed by atoms with Crippen LogP contribution in [0.5, 0.6) is 5.75 Å². The van der Waals surface area contributed by atoms with Crippen LogP contribution in [0.4, 0.5) is 0 Å². The van der Waals surface area contributed by atoms with Gasteiger partial charge in [-0.1, -0.05) is 11.6 Å². The molecule has 0 aliphatic carbocycles. The van der Waals surface area contributed by atoms with Crippen LogP contribution in [0.15, 0.2) is 49.2 Å². The average molecular weight is 315 g/mol. The van der Waals surface area contributed by atoms with E-state index in [0.29, 0.717) is 5.02 Å². The third-order valence-electron chi connectivity index (χ3n) is 3.05. The minimum Gasteiger partial charge on any atom is -0.490 e. The van der Waals surface area contributed by atoms with Crippen LogP contribution < -0.4 is 4.74 Å². The van der Waals surface area contributed by atoms with Crippen LogP contribution >= 0.6 is 11.6 Å². The fraction of sp³-hybridized carbons (Fsp3) is 0.188. The lowest BCUT2D eigenvalue weighted by Crippen LogP contribution is -2.06. The van der Waals surface area contributed by atoms with Gasteiger partial charge in [0.05, 0.1) is 6.10 Å². The first-order chi connectivity index (χ1) is 10.6. The summed E-state index contributed by atoms with van der Waals surface area (Å²) < 4.78 is 7.59. The Balaban J connectivity index is 1.98. The minimum absolute atomic E-state index is 0.0872. The van der Waals surface area contributed by atoms with Gasteiger partial charge >= 0.3 is 0 Å². The molecule has 0 unspecified atom stereocenters. The molecule has 22 heavy (non-hydrogen) atoms. The van der Waals surface area contributed by atoms with Gasteiger partial charge in [-0.05, 0) is 44.2 Å². The first-order valence-corrected chi connectivity index (χ1v) is 7.29. The minimum atomic E-state index is 0.0872. The van der Waals surface area contributed by atoms with E-state index in [-0.39, 0.29) is 6.10 Å². The second kappa shape index (κ2) is 6.15. The molecule has 0 saturated carbocycles. The molecule has 0 bridgehead atoms. The Bertz CT molecular complexity index is 754. The van der Waals surface area contributed by atoms with E-state index in [1.807, 2.05) is 44.2 Å². The van der Waals surface area contributed by atoms with E-state index in [0.717, 1.165) is 22.7 Å². The molecule has 0 atom stereocenters. The maximum absolute atomic E-state index is 6.12. The quantitative estimate of drug-likeness (QED) is 0.735. The smallest absolute Gasteiger partial charge is 0.139 e. The van der Waals surface area contributed by atoms with Crippen molar-refractivity contribution in [3.8, 4) is 22.7 Å². The molecule has 0 saturated heterocycles. The molecule has 0 aliphatic heterocycles. The van der Waals surface area contributed by atoms with E-state index in [1.165, 1.54) is 0 Å². The number of hydrogen-bond donors (Lipinski definition) is 0. The van der Waals surface area contributed by atoms with Crippen molar-refractivity contribution in [2.45, 2.75) is 20.0 Å². The summed E-state index contributed by atoms with van der Waals surface area (Å²) in [5, 5.41) is 8.21. The second-order valence-electron chi connectivity index (χ2n) is 5.08. The highest BCUT2D eigenvalue weighted by Crippen LogP contribution is 2.33. The Kier molecular flexibility index (Phi) is 4.06. The maximum Gasteiger partial charge on any atom is 0.139 e. The summed E-state index contributed by atoms with van der Waals surface area (Å²) in [6.45, 7) is 3.98. The van der Waals surface area contributed by atoms with Crippen molar-refractivity contribution in [1.29, 1.82) is 0 Å². The van der Waals surface area contributed by atoms with Crippen LogP contribution in [0.25, 0.3) is 16.9 Å². The average Bonchev–Trinajstić information content (AvgIpc) is 3.03. The van der Waals surface area contributed by atoms with Crippen molar-refractivity contribution in [3.05, 3.63) is 54.2 Å². The summed E-state index contributed by atoms with van der Waals surface area (Å²) in [5.41, 5.74) is 1.86. The molecular weight excluding hydrogens is 300 g/mol. The monoisotopic (exact) mass is 314 g/mol. The molecular formula is C16H15ClN4O. The third kappa shape index (κ3) is 3.09. The molecule has 0 aliphatic rings. The summed E-state index contributed by atoms with van der Waals surface area (Å²) in [7, 11) is 0. The number of hydrogen-bond acceptors (Lipinski definition) is 4. The number of ether oxygens (including phenoxy) is 1. The van der Waals surface area contributed by atoms with E-state index in [4.69, 9.17) is 16.3 Å². The van der Waals surface area contributed by atoms with E-state index >= 15 is 0 Å². The predicted molar refractivity (Wildman–Crippen MR) is 85.4 cm³/mol. The SMILES string of the molecule is CC(C)Oc1ccc(Cl)cc1-c1ccc(-n2cnnc2)nc1. The van der Waals surface area contributed by atoms with Crippen LogP contribution in [0.3, 0.4) is 0 Å². The fourth-order valence-electron chi connectivity index (χ4n) is 2.10. The lowest BCUT2D eigenvalue weighted by atomic mass is 10.1. The molecule has 2 heterocycles. The fourth-order valence-corrected chi connectivity index (χ4v) is 2.27. The van der Waals surface area contributed by atoms with Crippen molar-refractivity contribution >= 4 is 11.6 Å². The zero-order valence-electron chi connectivity index (χ0n) is 12.3.